The first-order chi connectivity index (χ1) is 9.06. The third-order valence-corrected chi connectivity index (χ3v) is 4.08. The van der Waals surface area contributed by atoms with Gasteiger partial charge in [-0.2, -0.15) is 5.10 Å². The minimum absolute atomic E-state index is 0.300. The van der Waals surface area contributed by atoms with Crippen molar-refractivity contribution in [2.75, 3.05) is 13.1 Å². The van der Waals surface area contributed by atoms with E-state index in [9.17, 15) is 0 Å². The summed E-state index contributed by atoms with van der Waals surface area (Å²) in [5, 5.41) is 7.90. The highest BCUT2D eigenvalue weighted by Gasteiger charge is 2.28. The van der Waals surface area contributed by atoms with Crippen molar-refractivity contribution in [2.24, 2.45) is 11.3 Å². The normalized spacial score (nSPS) is 12.3. The van der Waals surface area contributed by atoms with Crippen LogP contribution in [0.15, 0.2) is 6.33 Å². The Morgan fingerprint density at radius 2 is 1.95 bits per heavy atom. The minimum Gasteiger partial charge on any atom is -0.316 e. The standard InChI is InChI=1S/C15H30N4/c1-6-15(7-2,11-16-10-13(4)5)9-14-17-12-18-19(14)8-3/h12-13,16H,6-11H2,1-5H3. The second-order valence-electron chi connectivity index (χ2n) is 5.90. The lowest BCUT2D eigenvalue weighted by Crippen LogP contribution is -2.37. The molecule has 0 atom stereocenters. The van der Waals surface area contributed by atoms with E-state index < -0.39 is 0 Å². The number of aromatic nitrogens is 3. The van der Waals surface area contributed by atoms with E-state index in [1.54, 1.807) is 6.33 Å². The van der Waals surface area contributed by atoms with E-state index in [1.165, 1.54) is 12.8 Å². The molecule has 19 heavy (non-hydrogen) atoms. The average molecular weight is 266 g/mol. The van der Waals surface area contributed by atoms with Crippen LogP contribution in [-0.2, 0) is 13.0 Å². The molecule has 4 nitrogen and oxygen atoms in total. The summed E-state index contributed by atoms with van der Waals surface area (Å²) in [5.41, 5.74) is 0.300. The Morgan fingerprint density at radius 3 is 2.47 bits per heavy atom. The van der Waals surface area contributed by atoms with E-state index in [0.29, 0.717) is 11.3 Å². The van der Waals surface area contributed by atoms with Crippen molar-refractivity contribution in [1.82, 2.24) is 20.1 Å². The highest BCUT2D eigenvalue weighted by atomic mass is 15.3. The number of aryl methyl sites for hydroxylation is 1. The molecular formula is C15H30N4. The van der Waals surface area contributed by atoms with Crippen LogP contribution in [-0.4, -0.2) is 27.9 Å². The van der Waals surface area contributed by atoms with E-state index in [0.717, 1.165) is 31.9 Å². The second kappa shape index (κ2) is 7.63. The van der Waals surface area contributed by atoms with Gasteiger partial charge in [0.1, 0.15) is 12.2 Å². The van der Waals surface area contributed by atoms with Gasteiger partial charge in [0.05, 0.1) is 0 Å². The van der Waals surface area contributed by atoms with Crippen molar-refractivity contribution in [3.05, 3.63) is 12.2 Å². The van der Waals surface area contributed by atoms with Gasteiger partial charge >= 0.3 is 0 Å². The Labute approximate surface area is 118 Å². The van der Waals surface area contributed by atoms with Crippen LogP contribution in [0.1, 0.15) is 53.3 Å². The maximum atomic E-state index is 4.44. The molecule has 0 aliphatic carbocycles. The fourth-order valence-electron chi connectivity index (χ4n) is 2.46. The van der Waals surface area contributed by atoms with Crippen molar-refractivity contribution in [1.29, 1.82) is 0 Å². The fraction of sp³-hybridized carbons (Fsp3) is 0.867. The molecule has 0 aliphatic rings. The molecule has 0 bridgehead atoms. The summed E-state index contributed by atoms with van der Waals surface area (Å²) in [6, 6.07) is 0. The first-order valence-corrected chi connectivity index (χ1v) is 7.64. The molecule has 110 valence electrons. The summed E-state index contributed by atoms with van der Waals surface area (Å²) in [4.78, 5) is 4.44. The Kier molecular flexibility index (Phi) is 6.49. The third kappa shape index (κ3) is 4.60. The van der Waals surface area contributed by atoms with Gasteiger partial charge in [-0.05, 0) is 37.6 Å². The topological polar surface area (TPSA) is 42.7 Å². The van der Waals surface area contributed by atoms with E-state index in [1.807, 2.05) is 4.68 Å². The van der Waals surface area contributed by atoms with Gasteiger partial charge in [-0.15, -0.1) is 0 Å². The van der Waals surface area contributed by atoms with Crippen molar-refractivity contribution < 1.29 is 0 Å². The van der Waals surface area contributed by atoms with Gasteiger partial charge in [0.2, 0.25) is 0 Å². The number of nitrogens with one attached hydrogen (secondary N) is 1. The zero-order valence-corrected chi connectivity index (χ0v) is 13.2. The number of nitrogens with zero attached hydrogens (tertiary/aromatic N) is 3. The molecule has 0 amide bonds. The molecule has 0 spiro atoms. The van der Waals surface area contributed by atoms with Gasteiger partial charge < -0.3 is 5.32 Å². The summed E-state index contributed by atoms with van der Waals surface area (Å²) in [7, 11) is 0. The molecule has 4 heteroatoms. The molecule has 1 aromatic rings. The highest BCUT2D eigenvalue weighted by molar-refractivity contribution is 4.94. The fourth-order valence-corrected chi connectivity index (χ4v) is 2.46. The van der Waals surface area contributed by atoms with Gasteiger partial charge in [0.15, 0.2) is 0 Å². The van der Waals surface area contributed by atoms with Crippen LogP contribution < -0.4 is 5.32 Å². The van der Waals surface area contributed by atoms with Crippen LogP contribution in [0.5, 0.6) is 0 Å². The molecule has 1 heterocycles. The first kappa shape index (κ1) is 16.2. The molecule has 0 fully saturated rings. The number of rotatable bonds is 9. The van der Waals surface area contributed by atoms with E-state index >= 15 is 0 Å². The number of hydrogen-bond donors (Lipinski definition) is 1. The summed E-state index contributed by atoms with van der Waals surface area (Å²) in [6.07, 6.45) is 5.03. The average Bonchev–Trinajstić information content (AvgIpc) is 2.84. The van der Waals surface area contributed by atoms with Gasteiger partial charge in [-0.1, -0.05) is 27.7 Å². The minimum atomic E-state index is 0.300. The second-order valence-corrected chi connectivity index (χ2v) is 5.90. The highest BCUT2D eigenvalue weighted by Crippen LogP contribution is 2.29. The van der Waals surface area contributed by atoms with Crippen molar-refractivity contribution in [2.45, 2.75) is 60.4 Å². The van der Waals surface area contributed by atoms with Gasteiger partial charge in [0, 0.05) is 19.5 Å². The molecule has 0 unspecified atom stereocenters. The monoisotopic (exact) mass is 266 g/mol. The summed E-state index contributed by atoms with van der Waals surface area (Å²) in [6.45, 7) is 14.2. The first-order valence-electron chi connectivity index (χ1n) is 7.64. The lowest BCUT2D eigenvalue weighted by Gasteiger charge is -2.32. The maximum absolute atomic E-state index is 4.44. The van der Waals surface area contributed by atoms with Crippen molar-refractivity contribution in [3.8, 4) is 0 Å². The van der Waals surface area contributed by atoms with Crippen LogP contribution in [0, 0.1) is 11.3 Å². The van der Waals surface area contributed by atoms with Crippen molar-refractivity contribution >= 4 is 0 Å². The van der Waals surface area contributed by atoms with Crippen molar-refractivity contribution in [3.63, 3.8) is 0 Å². The van der Waals surface area contributed by atoms with Crippen LogP contribution in [0.25, 0.3) is 0 Å². The van der Waals surface area contributed by atoms with Gasteiger partial charge in [0.25, 0.3) is 0 Å². The Hall–Kier alpha value is -0.900. The molecule has 0 saturated carbocycles. The SMILES string of the molecule is CCn1ncnc1CC(CC)(CC)CNCC(C)C. The molecule has 0 aliphatic heterocycles. The van der Waals surface area contributed by atoms with Crippen LogP contribution >= 0.6 is 0 Å². The maximum Gasteiger partial charge on any atom is 0.138 e. The van der Waals surface area contributed by atoms with Crippen LogP contribution in [0.4, 0.5) is 0 Å². The smallest absolute Gasteiger partial charge is 0.138 e. The predicted octanol–water partition coefficient (Wildman–Crippen LogP) is 2.89. The molecule has 0 radical (unpaired) electrons. The quantitative estimate of drug-likeness (QED) is 0.747. The van der Waals surface area contributed by atoms with Gasteiger partial charge in [-0.25, -0.2) is 4.98 Å². The lowest BCUT2D eigenvalue weighted by atomic mass is 9.78. The number of hydrogen-bond acceptors (Lipinski definition) is 3. The molecular weight excluding hydrogens is 236 g/mol. The molecule has 0 aromatic carbocycles. The molecule has 0 saturated heterocycles. The molecule has 1 N–H and O–H groups in total. The summed E-state index contributed by atoms with van der Waals surface area (Å²) >= 11 is 0. The predicted molar refractivity (Wildman–Crippen MR) is 80.1 cm³/mol. The summed E-state index contributed by atoms with van der Waals surface area (Å²) in [5.74, 6) is 1.82. The largest absolute Gasteiger partial charge is 0.316 e. The van der Waals surface area contributed by atoms with Gasteiger partial charge in [-0.3, -0.25) is 4.68 Å². The van der Waals surface area contributed by atoms with Crippen LogP contribution in [0.3, 0.4) is 0 Å². The Bertz CT molecular complexity index is 353. The third-order valence-electron chi connectivity index (χ3n) is 4.08. The lowest BCUT2D eigenvalue weighted by molar-refractivity contribution is 0.234. The Balaban J connectivity index is 2.70. The molecule has 1 aromatic heterocycles. The zero-order valence-electron chi connectivity index (χ0n) is 13.2. The Morgan fingerprint density at radius 1 is 1.26 bits per heavy atom. The molecule has 1 rings (SSSR count). The zero-order chi connectivity index (χ0) is 14.3. The van der Waals surface area contributed by atoms with E-state index in [-0.39, 0.29) is 0 Å². The van der Waals surface area contributed by atoms with E-state index in [4.69, 9.17) is 0 Å². The van der Waals surface area contributed by atoms with E-state index in [2.05, 4.69) is 50.0 Å². The summed E-state index contributed by atoms with van der Waals surface area (Å²) < 4.78 is 2.02. The van der Waals surface area contributed by atoms with Crippen LogP contribution in [0.2, 0.25) is 0 Å².